The van der Waals surface area contributed by atoms with E-state index in [1.165, 1.54) is 12.1 Å². The molecule has 0 bridgehead atoms. The zero-order valence-corrected chi connectivity index (χ0v) is 13.8. The van der Waals surface area contributed by atoms with Crippen LogP contribution in [0, 0.1) is 11.7 Å². The lowest BCUT2D eigenvalue weighted by molar-refractivity contribution is -0.139. The predicted octanol–water partition coefficient (Wildman–Crippen LogP) is 2.30. The standard InChI is InChI=1S/C17H22FN3O2/c1-5-23-15(22)14-10-20-16(19-4)21-17(14,11(2)3)12-6-8-13(18)9-7-12/h6-11H,5H2,1-4H3,(H2,19,20,21). The van der Waals surface area contributed by atoms with Gasteiger partial charge in [-0.2, -0.15) is 0 Å². The highest BCUT2D eigenvalue weighted by molar-refractivity contribution is 5.96. The number of esters is 1. The second-order valence-electron chi connectivity index (χ2n) is 5.59. The first-order valence-corrected chi connectivity index (χ1v) is 7.61. The Morgan fingerprint density at radius 1 is 1.35 bits per heavy atom. The third kappa shape index (κ3) is 3.06. The van der Waals surface area contributed by atoms with Gasteiger partial charge in [0, 0.05) is 13.2 Å². The monoisotopic (exact) mass is 319 g/mol. The molecule has 23 heavy (non-hydrogen) atoms. The fourth-order valence-corrected chi connectivity index (χ4v) is 2.82. The Hall–Kier alpha value is -2.37. The van der Waals surface area contributed by atoms with Gasteiger partial charge in [0.1, 0.15) is 11.4 Å². The number of aliphatic imine (C=N–C) groups is 1. The highest BCUT2D eigenvalue weighted by Crippen LogP contribution is 2.38. The largest absolute Gasteiger partial charge is 0.463 e. The van der Waals surface area contributed by atoms with Gasteiger partial charge in [0.2, 0.25) is 0 Å². The lowest BCUT2D eigenvalue weighted by Gasteiger charge is -2.43. The summed E-state index contributed by atoms with van der Waals surface area (Å²) < 4.78 is 18.5. The van der Waals surface area contributed by atoms with Gasteiger partial charge >= 0.3 is 5.97 Å². The van der Waals surface area contributed by atoms with Crippen molar-refractivity contribution in [3.8, 4) is 0 Å². The molecule has 1 aliphatic heterocycles. The van der Waals surface area contributed by atoms with E-state index in [9.17, 15) is 9.18 Å². The molecule has 1 unspecified atom stereocenters. The lowest BCUT2D eigenvalue weighted by Crippen LogP contribution is -2.59. The highest BCUT2D eigenvalue weighted by atomic mass is 19.1. The summed E-state index contributed by atoms with van der Waals surface area (Å²) in [6.45, 7) is 6.02. The van der Waals surface area contributed by atoms with Gasteiger partial charge in [-0.3, -0.25) is 4.99 Å². The van der Waals surface area contributed by atoms with E-state index in [0.29, 0.717) is 11.5 Å². The quantitative estimate of drug-likeness (QED) is 0.836. The number of ether oxygens (including phenoxy) is 1. The molecule has 0 amide bonds. The van der Waals surface area contributed by atoms with Crippen LogP contribution < -0.4 is 10.6 Å². The summed E-state index contributed by atoms with van der Waals surface area (Å²) in [6, 6.07) is 6.12. The Balaban J connectivity index is 2.63. The van der Waals surface area contributed by atoms with Crippen molar-refractivity contribution >= 4 is 11.9 Å². The summed E-state index contributed by atoms with van der Waals surface area (Å²) >= 11 is 0. The fraction of sp³-hybridized carbons (Fsp3) is 0.412. The van der Waals surface area contributed by atoms with Crippen LogP contribution in [-0.4, -0.2) is 25.6 Å². The Morgan fingerprint density at radius 2 is 2.00 bits per heavy atom. The third-order valence-corrected chi connectivity index (χ3v) is 3.98. The van der Waals surface area contributed by atoms with Gasteiger partial charge in [0.15, 0.2) is 5.96 Å². The van der Waals surface area contributed by atoms with Gasteiger partial charge in [0.05, 0.1) is 12.2 Å². The van der Waals surface area contributed by atoms with Crippen molar-refractivity contribution in [3.63, 3.8) is 0 Å². The van der Waals surface area contributed by atoms with E-state index in [1.54, 1.807) is 32.3 Å². The van der Waals surface area contributed by atoms with E-state index in [1.807, 2.05) is 13.8 Å². The third-order valence-electron chi connectivity index (χ3n) is 3.98. The number of carbonyl (C=O) groups excluding carboxylic acids is 1. The molecule has 1 aromatic rings. The molecule has 1 heterocycles. The minimum Gasteiger partial charge on any atom is -0.463 e. The van der Waals surface area contributed by atoms with Crippen LogP contribution in [0.4, 0.5) is 4.39 Å². The molecule has 1 atom stereocenters. The number of hydrogen-bond donors (Lipinski definition) is 2. The number of nitrogens with zero attached hydrogens (tertiary/aromatic N) is 1. The normalized spacial score (nSPS) is 22.3. The fourth-order valence-electron chi connectivity index (χ4n) is 2.82. The molecule has 2 rings (SSSR count). The Labute approximate surface area is 135 Å². The Kier molecular flexibility index (Phi) is 5.03. The summed E-state index contributed by atoms with van der Waals surface area (Å²) in [5.74, 6) is -0.216. The van der Waals surface area contributed by atoms with Crippen molar-refractivity contribution in [3.05, 3.63) is 47.4 Å². The molecule has 0 saturated carbocycles. The topological polar surface area (TPSA) is 62.7 Å². The number of rotatable bonds is 4. The SMILES string of the molecule is CCOC(=O)C1=CNC(=NC)NC1(c1ccc(F)cc1)C(C)C. The maximum atomic E-state index is 13.3. The van der Waals surface area contributed by atoms with Gasteiger partial charge in [-0.05, 0) is 30.5 Å². The second kappa shape index (κ2) is 6.81. The predicted molar refractivity (Wildman–Crippen MR) is 87.3 cm³/mol. The first kappa shape index (κ1) is 17.0. The van der Waals surface area contributed by atoms with Crippen molar-refractivity contribution in [1.29, 1.82) is 0 Å². The van der Waals surface area contributed by atoms with E-state index in [0.717, 1.165) is 5.56 Å². The minimum absolute atomic E-state index is 0.0116. The van der Waals surface area contributed by atoms with Crippen molar-refractivity contribution in [2.45, 2.75) is 26.3 Å². The van der Waals surface area contributed by atoms with Crippen LogP contribution >= 0.6 is 0 Å². The average molecular weight is 319 g/mol. The maximum absolute atomic E-state index is 13.3. The van der Waals surface area contributed by atoms with Crippen LogP contribution in [0.3, 0.4) is 0 Å². The number of hydrogen-bond acceptors (Lipinski definition) is 3. The van der Waals surface area contributed by atoms with Crippen LogP contribution in [0.2, 0.25) is 0 Å². The molecule has 0 aromatic heterocycles. The van der Waals surface area contributed by atoms with E-state index in [4.69, 9.17) is 4.74 Å². The van der Waals surface area contributed by atoms with E-state index >= 15 is 0 Å². The van der Waals surface area contributed by atoms with Crippen LogP contribution in [0.15, 0.2) is 41.0 Å². The summed E-state index contributed by atoms with van der Waals surface area (Å²) in [5.41, 5.74) is 0.365. The number of guanidine groups is 1. The van der Waals surface area contributed by atoms with Crippen LogP contribution in [0.1, 0.15) is 26.3 Å². The van der Waals surface area contributed by atoms with E-state index in [2.05, 4.69) is 15.6 Å². The van der Waals surface area contributed by atoms with Gasteiger partial charge in [0.25, 0.3) is 0 Å². The van der Waals surface area contributed by atoms with E-state index in [-0.39, 0.29) is 18.3 Å². The first-order valence-electron chi connectivity index (χ1n) is 7.61. The molecule has 0 fully saturated rings. The number of halogens is 1. The molecule has 6 heteroatoms. The van der Waals surface area contributed by atoms with Gasteiger partial charge < -0.3 is 15.4 Å². The number of benzene rings is 1. The zero-order valence-electron chi connectivity index (χ0n) is 13.8. The van der Waals surface area contributed by atoms with Gasteiger partial charge in [-0.25, -0.2) is 9.18 Å². The van der Waals surface area contributed by atoms with Crippen molar-refractivity contribution < 1.29 is 13.9 Å². The molecule has 0 spiro atoms. The maximum Gasteiger partial charge on any atom is 0.338 e. The second-order valence-corrected chi connectivity index (χ2v) is 5.59. The molecule has 2 N–H and O–H groups in total. The molecule has 0 saturated heterocycles. The lowest BCUT2D eigenvalue weighted by atomic mass is 9.73. The van der Waals surface area contributed by atoms with Crippen molar-refractivity contribution in [2.75, 3.05) is 13.7 Å². The molecular formula is C17H22FN3O2. The summed E-state index contributed by atoms with van der Waals surface area (Å²) in [7, 11) is 1.65. The first-order chi connectivity index (χ1) is 11.0. The van der Waals surface area contributed by atoms with Crippen molar-refractivity contribution in [1.82, 2.24) is 10.6 Å². The Morgan fingerprint density at radius 3 is 2.52 bits per heavy atom. The van der Waals surface area contributed by atoms with Crippen LogP contribution in [0.5, 0.6) is 0 Å². The highest BCUT2D eigenvalue weighted by Gasteiger charge is 2.46. The van der Waals surface area contributed by atoms with E-state index < -0.39 is 11.5 Å². The molecule has 1 aliphatic rings. The minimum atomic E-state index is -0.847. The molecule has 0 aliphatic carbocycles. The van der Waals surface area contributed by atoms with Gasteiger partial charge in [-0.1, -0.05) is 26.0 Å². The smallest absolute Gasteiger partial charge is 0.338 e. The molecule has 0 radical (unpaired) electrons. The average Bonchev–Trinajstić information content (AvgIpc) is 2.54. The summed E-state index contributed by atoms with van der Waals surface area (Å²) in [4.78, 5) is 16.6. The van der Waals surface area contributed by atoms with Crippen LogP contribution in [-0.2, 0) is 15.1 Å². The zero-order chi connectivity index (χ0) is 17.0. The van der Waals surface area contributed by atoms with Gasteiger partial charge in [-0.15, -0.1) is 0 Å². The molecule has 5 nitrogen and oxygen atoms in total. The summed E-state index contributed by atoms with van der Waals surface area (Å²) in [6.07, 6.45) is 1.61. The Bertz CT molecular complexity index is 638. The molecular weight excluding hydrogens is 297 g/mol. The van der Waals surface area contributed by atoms with Crippen molar-refractivity contribution in [2.24, 2.45) is 10.9 Å². The molecule has 124 valence electrons. The number of nitrogens with one attached hydrogen (secondary N) is 2. The van der Waals surface area contributed by atoms with Crippen LogP contribution in [0.25, 0.3) is 0 Å². The molecule has 1 aromatic carbocycles. The number of carbonyl (C=O) groups is 1. The summed E-state index contributed by atoms with van der Waals surface area (Å²) in [5, 5.41) is 6.24.